The van der Waals surface area contributed by atoms with E-state index < -0.39 is 18.2 Å². The molecule has 0 spiro atoms. The molecule has 0 saturated heterocycles. The van der Waals surface area contributed by atoms with E-state index >= 15 is 0 Å². The largest absolute Gasteiger partial charge is 0.396 e. The van der Waals surface area contributed by atoms with Gasteiger partial charge in [0.05, 0.1) is 12.0 Å². The van der Waals surface area contributed by atoms with Gasteiger partial charge in [-0.25, -0.2) is 0 Å². The first kappa shape index (κ1) is 22.8. The fourth-order valence-electron chi connectivity index (χ4n) is 4.57. The van der Waals surface area contributed by atoms with Crippen LogP contribution in [0.2, 0.25) is 0 Å². The van der Waals surface area contributed by atoms with Crippen LogP contribution in [0.4, 0.5) is 13.2 Å². The maximum Gasteiger partial charge on any atom is 0.396 e. The number of aliphatic hydroxyl groups excluding tert-OH is 1. The molecular weight excluding hydrogens is 387 g/mol. The highest BCUT2D eigenvalue weighted by molar-refractivity contribution is 5.17. The highest BCUT2D eigenvalue weighted by atomic mass is 19.4. The SMILES string of the molecule is C[C@](CO)(CC1CCC(N(Cc2ccccc2)Cc2ccccc2)CC1)C(F)(F)F. The first-order valence-electron chi connectivity index (χ1n) is 10.8. The van der Waals surface area contributed by atoms with Gasteiger partial charge in [0.1, 0.15) is 0 Å². The van der Waals surface area contributed by atoms with Crippen LogP contribution in [-0.4, -0.2) is 28.8 Å². The quantitative estimate of drug-likeness (QED) is 0.551. The van der Waals surface area contributed by atoms with Crippen molar-refractivity contribution in [1.29, 1.82) is 0 Å². The van der Waals surface area contributed by atoms with E-state index in [0.717, 1.165) is 45.7 Å². The summed E-state index contributed by atoms with van der Waals surface area (Å²) < 4.78 is 40.1. The van der Waals surface area contributed by atoms with Crippen LogP contribution in [-0.2, 0) is 13.1 Å². The van der Waals surface area contributed by atoms with E-state index in [9.17, 15) is 18.3 Å². The van der Waals surface area contributed by atoms with E-state index in [1.807, 2.05) is 36.4 Å². The molecule has 1 aliphatic rings. The van der Waals surface area contributed by atoms with Crippen LogP contribution in [0, 0.1) is 11.3 Å². The fraction of sp³-hybridized carbons (Fsp3) is 0.520. The molecule has 0 aromatic heterocycles. The third kappa shape index (κ3) is 5.86. The number of alkyl halides is 3. The molecule has 2 aromatic rings. The predicted octanol–water partition coefficient (Wildman–Crippen LogP) is 6.20. The minimum absolute atomic E-state index is 0.00956. The summed E-state index contributed by atoms with van der Waals surface area (Å²) >= 11 is 0. The van der Waals surface area contributed by atoms with Crippen molar-refractivity contribution in [2.45, 2.75) is 64.3 Å². The summed E-state index contributed by atoms with van der Waals surface area (Å²) in [6.45, 7) is 1.98. The molecule has 2 nitrogen and oxygen atoms in total. The Morgan fingerprint density at radius 3 is 1.70 bits per heavy atom. The van der Waals surface area contributed by atoms with Gasteiger partial charge < -0.3 is 5.11 Å². The Bertz CT molecular complexity index is 715. The molecule has 1 N–H and O–H groups in total. The Balaban J connectivity index is 1.65. The molecule has 3 rings (SSSR count). The number of halogens is 3. The van der Waals surface area contributed by atoms with Gasteiger partial charge in [0.25, 0.3) is 0 Å². The maximum absolute atomic E-state index is 13.4. The lowest BCUT2D eigenvalue weighted by atomic mass is 9.74. The van der Waals surface area contributed by atoms with Crippen molar-refractivity contribution in [3.05, 3.63) is 71.8 Å². The summed E-state index contributed by atoms with van der Waals surface area (Å²) in [4.78, 5) is 2.47. The second-order valence-electron chi connectivity index (χ2n) is 8.97. The normalized spacial score (nSPS) is 22.1. The predicted molar refractivity (Wildman–Crippen MR) is 114 cm³/mol. The molecule has 164 valence electrons. The summed E-state index contributed by atoms with van der Waals surface area (Å²) in [7, 11) is 0. The fourth-order valence-corrected chi connectivity index (χ4v) is 4.57. The van der Waals surface area contributed by atoms with Crippen LogP contribution < -0.4 is 0 Å². The molecule has 1 saturated carbocycles. The number of nitrogens with zero attached hydrogens (tertiary/aromatic N) is 1. The van der Waals surface area contributed by atoms with Crippen molar-refractivity contribution < 1.29 is 18.3 Å². The van der Waals surface area contributed by atoms with Gasteiger partial charge in [0.2, 0.25) is 0 Å². The lowest BCUT2D eigenvalue weighted by Crippen LogP contribution is -2.42. The second-order valence-corrected chi connectivity index (χ2v) is 8.97. The zero-order valence-electron chi connectivity index (χ0n) is 17.6. The van der Waals surface area contributed by atoms with E-state index in [1.165, 1.54) is 11.1 Å². The van der Waals surface area contributed by atoms with Gasteiger partial charge in [0.15, 0.2) is 0 Å². The van der Waals surface area contributed by atoms with Gasteiger partial charge in [-0.05, 0) is 56.1 Å². The molecule has 30 heavy (non-hydrogen) atoms. The maximum atomic E-state index is 13.4. The van der Waals surface area contributed by atoms with Crippen LogP contribution in [0.25, 0.3) is 0 Å². The van der Waals surface area contributed by atoms with E-state index in [-0.39, 0.29) is 12.3 Å². The number of rotatable bonds is 8. The van der Waals surface area contributed by atoms with E-state index in [4.69, 9.17) is 0 Å². The summed E-state index contributed by atoms with van der Waals surface area (Å²) in [5.74, 6) is 0.00956. The zero-order valence-corrected chi connectivity index (χ0v) is 17.6. The van der Waals surface area contributed by atoms with Crippen LogP contribution in [0.15, 0.2) is 60.7 Å². The number of aliphatic hydroxyl groups is 1. The van der Waals surface area contributed by atoms with Crippen molar-refractivity contribution in [3.8, 4) is 0 Å². The van der Waals surface area contributed by atoms with Crippen molar-refractivity contribution in [2.75, 3.05) is 6.61 Å². The monoisotopic (exact) mass is 419 g/mol. The van der Waals surface area contributed by atoms with E-state index in [1.54, 1.807) is 0 Å². The minimum Gasteiger partial charge on any atom is -0.395 e. The molecule has 0 heterocycles. The number of benzene rings is 2. The third-order valence-electron chi connectivity index (χ3n) is 6.56. The lowest BCUT2D eigenvalue weighted by Gasteiger charge is -2.40. The van der Waals surface area contributed by atoms with E-state index in [2.05, 4.69) is 29.2 Å². The van der Waals surface area contributed by atoms with Gasteiger partial charge in [0, 0.05) is 19.1 Å². The van der Waals surface area contributed by atoms with Gasteiger partial charge in [-0.1, -0.05) is 60.7 Å². The van der Waals surface area contributed by atoms with Gasteiger partial charge in [-0.2, -0.15) is 13.2 Å². The van der Waals surface area contributed by atoms with Crippen LogP contribution in [0.5, 0.6) is 0 Å². The van der Waals surface area contributed by atoms with Crippen molar-refractivity contribution in [1.82, 2.24) is 4.90 Å². The first-order valence-corrected chi connectivity index (χ1v) is 10.8. The molecule has 5 heteroatoms. The molecule has 0 radical (unpaired) electrons. The highest BCUT2D eigenvalue weighted by Gasteiger charge is 2.51. The summed E-state index contributed by atoms with van der Waals surface area (Å²) in [6.07, 6.45) is -1.03. The minimum atomic E-state index is -4.37. The summed E-state index contributed by atoms with van der Waals surface area (Å²) in [6, 6.07) is 21.0. The summed E-state index contributed by atoms with van der Waals surface area (Å²) in [5.41, 5.74) is 0.499. The smallest absolute Gasteiger partial charge is 0.395 e. The van der Waals surface area contributed by atoms with Crippen LogP contribution in [0.3, 0.4) is 0 Å². The van der Waals surface area contributed by atoms with Gasteiger partial charge in [-0.15, -0.1) is 0 Å². The summed E-state index contributed by atoms with van der Waals surface area (Å²) in [5, 5.41) is 9.39. The van der Waals surface area contributed by atoms with Crippen molar-refractivity contribution in [2.24, 2.45) is 11.3 Å². The second kappa shape index (κ2) is 9.97. The van der Waals surface area contributed by atoms with E-state index in [0.29, 0.717) is 6.04 Å². The molecular formula is C25H32F3NO. The molecule has 0 amide bonds. The molecule has 0 aliphatic heterocycles. The van der Waals surface area contributed by atoms with Gasteiger partial charge >= 0.3 is 6.18 Å². The molecule has 2 aromatic carbocycles. The molecule has 0 unspecified atom stereocenters. The molecule has 1 fully saturated rings. The average Bonchev–Trinajstić information content (AvgIpc) is 2.74. The Kier molecular flexibility index (Phi) is 7.59. The number of hydrogen-bond donors (Lipinski definition) is 1. The molecule has 1 atom stereocenters. The highest BCUT2D eigenvalue weighted by Crippen LogP contribution is 2.45. The Labute approximate surface area is 177 Å². The average molecular weight is 420 g/mol. The zero-order chi connectivity index (χ0) is 21.6. The Morgan fingerprint density at radius 2 is 1.30 bits per heavy atom. The molecule has 1 aliphatic carbocycles. The topological polar surface area (TPSA) is 23.5 Å². The van der Waals surface area contributed by atoms with Crippen molar-refractivity contribution >= 4 is 0 Å². The van der Waals surface area contributed by atoms with Crippen LogP contribution in [0.1, 0.15) is 50.2 Å². The number of hydrogen-bond acceptors (Lipinski definition) is 2. The Morgan fingerprint density at radius 1 is 0.833 bits per heavy atom. The standard InChI is InChI=1S/C25H32F3NO/c1-24(19-30,25(26,27)28)16-20-12-14-23(15-13-20)29(17-21-8-4-2-5-9-21)18-22-10-6-3-7-11-22/h2-11,20,23,30H,12-19H2,1H3/t20?,23?,24-/m1/s1. The molecule has 0 bridgehead atoms. The third-order valence-corrected chi connectivity index (χ3v) is 6.56. The van der Waals surface area contributed by atoms with Gasteiger partial charge in [-0.3, -0.25) is 4.90 Å². The van der Waals surface area contributed by atoms with Crippen LogP contribution >= 0.6 is 0 Å². The first-order chi connectivity index (χ1) is 14.3. The Hall–Kier alpha value is -1.85. The lowest BCUT2D eigenvalue weighted by molar-refractivity contribution is -0.235. The van der Waals surface area contributed by atoms with Crippen molar-refractivity contribution in [3.63, 3.8) is 0 Å².